The monoisotopic (exact) mass is 290 g/mol. The Morgan fingerprint density at radius 3 is 1.47 bits per heavy atom. The zero-order valence-corrected chi connectivity index (χ0v) is 13.3. The third kappa shape index (κ3) is 15.7. The highest BCUT2D eigenvalue weighted by molar-refractivity contribution is 6.13. The molecule has 19 heavy (non-hydrogen) atoms. The minimum absolute atomic E-state index is 0.301. The maximum Gasteiger partial charge on any atom is 0.324 e. The molecule has 0 aromatic rings. The van der Waals surface area contributed by atoms with Gasteiger partial charge in [-0.15, -0.1) is 0 Å². The Kier molecular flexibility index (Phi) is 15.6. The van der Waals surface area contributed by atoms with E-state index in [4.69, 9.17) is 11.9 Å². The van der Waals surface area contributed by atoms with Crippen molar-refractivity contribution in [3.05, 3.63) is 0 Å². The van der Waals surface area contributed by atoms with E-state index >= 15 is 0 Å². The second-order valence-electron chi connectivity index (χ2n) is 5.44. The molecule has 0 atom stereocenters. The summed E-state index contributed by atoms with van der Waals surface area (Å²) in [5.74, 6) is -0.301. The first-order valence-electron chi connectivity index (χ1n) is 8.12. The van der Waals surface area contributed by atoms with Crippen LogP contribution in [0.2, 0.25) is 0 Å². The van der Waals surface area contributed by atoms with Crippen LogP contribution >= 0.6 is 11.9 Å². The Bertz CT molecular complexity index is 195. The van der Waals surface area contributed by atoms with Gasteiger partial charge in [0.15, 0.2) is 0 Å². The molecule has 2 nitrogen and oxygen atoms in total. The van der Waals surface area contributed by atoms with Crippen LogP contribution in [0.4, 0.5) is 0 Å². The largest absolute Gasteiger partial charge is 0.348 e. The van der Waals surface area contributed by atoms with E-state index in [1.165, 1.54) is 70.6 Å². The van der Waals surface area contributed by atoms with E-state index in [9.17, 15) is 4.79 Å². The third-order valence-electron chi connectivity index (χ3n) is 3.57. The maximum atomic E-state index is 10.8. The SMILES string of the molecule is CCCCCCCCCCCCCCCC(=O)OCl. The fourth-order valence-corrected chi connectivity index (χ4v) is 2.40. The van der Waals surface area contributed by atoms with E-state index in [-0.39, 0.29) is 5.97 Å². The fourth-order valence-electron chi connectivity index (χ4n) is 2.33. The summed E-state index contributed by atoms with van der Waals surface area (Å²) in [6.07, 6.45) is 17.5. The number of halogens is 1. The summed E-state index contributed by atoms with van der Waals surface area (Å²) in [5.41, 5.74) is 0. The Balaban J connectivity index is 2.97. The van der Waals surface area contributed by atoms with Crippen LogP contribution in [0.1, 0.15) is 96.8 Å². The number of unbranched alkanes of at least 4 members (excludes halogenated alkanes) is 12. The van der Waals surface area contributed by atoms with Gasteiger partial charge in [0.1, 0.15) is 11.9 Å². The Hall–Kier alpha value is -0.240. The van der Waals surface area contributed by atoms with Crippen LogP contribution in [-0.4, -0.2) is 5.97 Å². The van der Waals surface area contributed by atoms with Gasteiger partial charge in [0.05, 0.1) is 0 Å². The lowest BCUT2D eigenvalue weighted by Crippen LogP contribution is -1.95. The van der Waals surface area contributed by atoms with Crippen molar-refractivity contribution in [1.29, 1.82) is 0 Å². The molecule has 0 saturated heterocycles. The van der Waals surface area contributed by atoms with Gasteiger partial charge in [-0.2, -0.15) is 0 Å². The number of hydrogen-bond donors (Lipinski definition) is 0. The van der Waals surface area contributed by atoms with Gasteiger partial charge in [0.25, 0.3) is 0 Å². The molecule has 0 rings (SSSR count). The summed E-state index contributed by atoms with van der Waals surface area (Å²) in [4.78, 5) is 10.8. The van der Waals surface area contributed by atoms with Crippen LogP contribution in [0.5, 0.6) is 0 Å². The summed E-state index contributed by atoms with van der Waals surface area (Å²) in [6.45, 7) is 2.26. The first kappa shape index (κ1) is 18.8. The van der Waals surface area contributed by atoms with Crippen molar-refractivity contribution in [2.24, 2.45) is 0 Å². The molecular formula is C16H31ClO2. The molecule has 0 fully saturated rings. The number of hydrogen-bond acceptors (Lipinski definition) is 2. The third-order valence-corrected chi connectivity index (χ3v) is 3.74. The van der Waals surface area contributed by atoms with Crippen molar-refractivity contribution in [2.45, 2.75) is 96.8 Å². The van der Waals surface area contributed by atoms with Gasteiger partial charge in [-0.05, 0) is 6.42 Å². The first-order chi connectivity index (χ1) is 9.31. The summed E-state index contributed by atoms with van der Waals surface area (Å²) in [7, 11) is 0. The van der Waals surface area contributed by atoms with E-state index in [1.807, 2.05) is 0 Å². The molecule has 0 spiro atoms. The molecule has 3 heteroatoms. The van der Waals surface area contributed by atoms with Crippen molar-refractivity contribution in [2.75, 3.05) is 0 Å². The van der Waals surface area contributed by atoms with Crippen molar-refractivity contribution in [3.8, 4) is 0 Å². The molecular weight excluding hydrogens is 260 g/mol. The van der Waals surface area contributed by atoms with E-state index in [0.717, 1.165) is 12.8 Å². The molecule has 0 aromatic heterocycles. The summed E-state index contributed by atoms with van der Waals surface area (Å²) < 4.78 is 4.09. The molecule has 0 aliphatic heterocycles. The fraction of sp³-hybridized carbons (Fsp3) is 0.938. The predicted octanol–water partition coefficient (Wildman–Crippen LogP) is 6.16. The smallest absolute Gasteiger partial charge is 0.324 e. The predicted molar refractivity (Wildman–Crippen MR) is 82.3 cm³/mol. The van der Waals surface area contributed by atoms with Gasteiger partial charge in [0, 0.05) is 6.42 Å². The van der Waals surface area contributed by atoms with Crippen molar-refractivity contribution < 1.29 is 9.08 Å². The summed E-state index contributed by atoms with van der Waals surface area (Å²) >= 11 is 4.95. The molecule has 0 bridgehead atoms. The molecule has 0 aliphatic carbocycles. The lowest BCUT2D eigenvalue weighted by molar-refractivity contribution is -0.134. The highest BCUT2D eigenvalue weighted by Gasteiger charge is 2.00. The summed E-state index contributed by atoms with van der Waals surface area (Å²) in [5, 5.41) is 0. The number of carbonyl (C=O) groups excluding carboxylic acids is 1. The van der Waals surface area contributed by atoms with Gasteiger partial charge in [-0.3, -0.25) is 4.79 Å². The average molecular weight is 291 g/mol. The Labute approximate surface area is 124 Å². The Morgan fingerprint density at radius 1 is 0.737 bits per heavy atom. The van der Waals surface area contributed by atoms with Crippen molar-refractivity contribution in [1.82, 2.24) is 0 Å². The second kappa shape index (κ2) is 15.8. The zero-order valence-electron chi connectivity index (χ0n) is 12.6. The normalized spacial score (nSPS) is 10.6. The maximum absolute atomic E-state index is 10.8. The number of rotatable bonds is 14. The number of carbonyl (C=O) groups is 1. The molecule has 0 N–H and O–H groups in total. The average Bonchev–Trinajstić information content (AvgIpc) is 2.43. The van der Waals surface area contributed by atoms with Crippen LogP contribution in [0.3, 0.4) is 0 Å². The van der Waals surface area contributed by atoms with E-state index in [2.05, 4.69) is 11.2 Å². The molecule has 0 heterocycles. The second-order valence-corrected chi connectivity index (χ2v) is 5.60. The van der Waals surface area contributed by atoms with Gasteiger partial charge in [-0.1, -0.05) is 84.0 Å². The van der Waals surface area contributed by atoms with Crippen LogP contribution in [0.25, 0.3) is 0 Å². The van der Waals surface area contributed by atoms with E-state index in [0.29, 0.717) is 6.42 Å². The lowest BCUT2D eigenvalue weighted by Gasteiger charge is -2.02. The van der Waals surface area contributed by atoms with E-state index < -0.39 is 0 Å². The van der Waals surface area contributed by atoms with Crippen LogP contribution in [0.15, 0.2) is 0 Å². The van der Waals surface area contributed by atoms with Crippen LogP contribution in [-0.2, 0) is 9.08 Å². The van der Waals surface area contributed by atoms with Crippen LogP contribution in [0, 0.1) is 0 Å². The first-order valence-corrected chi connectivity index (χ1v) is 8.43. The molecule has 0 amide bonds. The van der Waals surface area contributed by atoms with Gasteiger partial charge in [0.2, 0.25) is 0 Å². The zero-order chi connectivity index (χ0) is 14.2. The molecule has 0 radical (unpaired) electrons. The minimum atomic E-state index is -0.301. The summed E-state index contributed by atoms with van der Waals surface area (Å²) in [6, 6.07) is 0. The standard InChI is InChI=1S/C16H31ClO2/c1-2-3-4-5-6-7-8-9-10-11-12-13-14-15-16(18)19-17/h2-15H2,1H3. The van der Waals surface area contributed by atoms with E-state index in [1.54, 1.807) is 0 Å². The van der Waals surface area contributed by atoms with Crippen molar-refractivity contribution >= 4 is 17.8 Å². The molecule has 0 unspecified atom stereocenters. The topological polar surface area (TPSA) is 26.3 Å². The lowest BCUT2D eigenvalue weighted by atomic mass is 10.0. The molecule has 0 aliphatic rings. The van der Waals surface area contributed by atoms with Gasteiger partial charge < -0.3 is 4.29 Å². The highest BCUT2D eigenvalue weighted by atomic mass is 35.5. The quantitative estimate of drug-likeness (QED) is 0.358. The van der Waals surface area contributed by atoms with Gasteiger partial charge in [-0.25, -0.2) is 0 Å². The molecule has 0 saturated carbocycles. The highest BCUT2D eigenvalue weighted by Crippen LogP contribution is 2.13. The van der Waals surface area contributed by atoms with Crippen LogP contribution < -0.4 is 0 Å². The minimum Gasteiger partial charge on any atom is -0.348 e. The van der Waals surface area contributed by atoms with Crippen molar-refractivity contribution in [3.63, 3.8) is 0 Å². The Morgan fingerprint density at radius 2 is 1.11 bits per heavy atom. The molecule has 0 aromatic carbocycles. The van der Waals surface area contributed by atoms with Gasteiger partial charge >= 0.3 is 5.97 Å². The molecule has 114 valence electrons.